The zero-order valence-corrected chi connectivity index (χ0v) is 17.7. The van der Waals surface area contributed by atoms with Gasteiger partial charge in [-0.15, -0.1) is 0 Å². The van der Waals surface area contributed by atoms with Gasteiger partial charge >= 0.3 is 0 Å². The van der Waals surface area contributed by atoms with Crippen LogP contribution < -0.4 is 10.2 Å². The molecule has 2 atom stereocenters. The van der Waals surface area contributed by atoms with E-state index >= 15 is 0 Å². The van der Waals surface area contributed by atoms with Crippen LogP contribution in [-0.2, 0) is 4.74 Å². The fraction of sp³-hybridized carbons (Fsp3) is 0.364. The number of hydrogen-bond acceptors (Lipinski definition) is 6. The summed E-state index contributed by atoms with van der Waals surface area (Å²) >= 11 is 0. The Morgan fingerprint density at radius 3 is 2.30 bits per heavy atom. The number of rotatable bonds is 4. The van der Waals surface area contributed by atoms with Crippen LogP contribution in [0.2, 0.25) is 0 Å². The number of ether oxygens (including phenoxy) is 1. The van der Waals surface area contributed by atoms with Crippen LogP contribution in [0.4, 0.5) is 11.5 Å². The maximum absolute atomic E-state index is 12.6. The number of aryl methyl sites for hydroxylation is 2. The molecule has 0 unspecified atom stereocenters. The van der Waals surface area contributed by atoms with Crippen molar-refractivity contribution in [2.45, 2.75) is 39.9 Å². The highest BCUT2D eigenvalue weighted by Crippen LogP contribution is 2.19. The van der Waals surface area contributed by atoms with E-state index in [2.05, 4.69) is 39.1 Å². The Kier molecular flexibility index (Phi) is 5.50. The second-order valence-corrected chi connectivity index (χ2v) is 7.77. The van der Waals surface area contributed by atoms with Gasteiger partial charge in [-0.3, -0.25) is 4.79 Å². The van der Waals surface area contributed by atoms with Crippen LogP contribution in [0.5, 0.6) is 0 Å². The van der Waals surface area contributed by atoms with Crippen molar-refractivity contribution >= 4 is 17.4 Å². The molecule has 1 aliphatic rings. The van der Waals surface area contributed by atoms with Gasteiger partial charge in [0.05, 0.1) is 35.3 Å². The molecule has 1 aliphatic heterocycles. The molecule has 156 valence electrons. The van der Waals surface area contributed by atoms with Crippen molar-refractivity contribution < 1.29 is 9.53 Å². The lowest BCUT2D eigenvalue weighted by molar-refractivity contribution is -0.00546. The lowest BCUT2D eigenvalue weighted by Crippen LogP contribution is -2.45. The van der Waals surface area contributed by atoms with Crippen LogP contribution in [0.15, 0.2) is 42.7 Å². The van der Waals surface area contributed by atoms with Crippen molar-refractivity contribution in [2.24, 2.45) is 0 Å². The normalized spacial score (nSPS) is 19.0. The molecule has 3 aromatic heterocycles. The first-order valence-electron chi connectivity index (χ1n) is 10.1. The molecule has 3 aromatic rings. The van der Waals surface area contributed by atoms with Crippen LogP contribution in [-0.4, -0.2) is 51.0 Å². The fourth-order valence-corrected chi connectivity index (χ4v) is 3.72. The van der Waals surface area contributed by atoms with Crippen LogP contribution in [0.25, 0.3) is 5.82 Å². The molecule has 0 aromatic carbocycles. The molecule has 0 spiro atoms. The molecule has 8 nitrogen and oxygen atoms in total. The standard InChI is InChI=1S/C22H26N6O2/c1-14-9-15(2)28(26-14)21-8-6-19(11-24-21)25-22(29)18-5-7-20(23-10-18)27-12-16(3)30-17(4)13-27/h5-11,16-17H,12-13H2,1-4H3,(H,25,29)/t16-,17+. The Balaban J connectivity index is 1.42. The third-order valence-corrected chi connectivity index (χ3v) is 4.99. The first kappa shape index (κ1) is 20.0. The van der Waals surface area contributed by atoms with E-state index < -0.39 is 0 Å². The van der Waals surface area contributed by atoms with Crippen molar-refractivity contribution in [3.8, 4) is 5.82 Å². The van der Waals surface area contributed by atoms with Crippen molar-refractivity contribution in [3.63, 3.8) is 0 Å². The lowest BCUT2D eigenvalue weighted by atomic mass is 10.2. The van der Waals surface area contributed by atoms with E-state index in [-0.39, 0.29) is 18.1 Å². The second-order valence-electron chi connectivity index (χ2n) is 7.77. The van der Waals surface area contributed by atoms with E-state index in [1.165, 1.54) is 0 Å². The zero-order chi connectivity index (χ0) is 21.3. The summed E-state index contributed by atoms with van der Waals surface area (Å²) in [6.45, 7) is 9.60. The molecular weight excluding hydrogens is 380 g/mol. The van der Waals surface area contributed by atoms with Gasteiger partial charge in [-0.2, -0.15) is 5.10 Å². The number of hydrogen-bond donors (Lipinski definition) is 1. The number of carbonyl (C=O) groups is 1. The summed E-state index contributed by atoms with van der Waals surface area (Å²) < 4.78 is 7.54. The molecule has 4 heterocycles. The highest BCUT2D eigenvalue weighted by Gasteiger charge is 2.23. The van der Waals surface area contributed by atoms with Gasteiger partial charge in [-0.25, -0.2) is 14.6 Å². The minimum atomic E-state index is -0.224. The Labute approximate surface area is 175 Å². The smallest absolute Gasteiger partial charge is 0.257 e. The molecule has 1 amide bonds. The second kappa shape index (κ2) is 8.23. The molecule has 0 bridgehead atoms. The minimum absolute atomic E-state index is 0.156. The van der Waals surface area contributed by atoms with Gasteiger partial charge in [0.1, 0.15) is 5.82 Å². The topological polar surface area (TPSA) is 85.2 Å². The highest BCUT2D eigenvalue weighted by molar-refractivity contribution is 6.04. The molecule has 30 heavy (non-hydrogen) atoms. The number of amides is 1. The summed E-state index contributed by atoms with van der Waals surface area (Å²) in [5, 5.41) is 7.29. The van der Waals surface area contributed by atoms with Crippen molar-refractivity contribution in [3.05, 3.63) is 59.7 Å². The molecule has 4 rings (SSSR count). The van der Waals surface area contributed by atoms with E-state index in [9.17, 15) is 4.79 Å². The highest BCUT2D eigenvalue weighted by atomic mass is 16.5. The summed E-state index contributed by atoms with van der Waals surface area (Å²) in [6.07, 6.45) is 3.54. The molecular formula is C22H26N6O2. The molecule has 1 N–H and O–H groups in total. The predicted molar refractivity (Wildman–Crippen MR) is 115 cm³/mol. The quantitative estimate of drug-likeness (QED) is 0.716. The van der Waals surface area contributed by atoms with Gasteiger partial charge in [-0.1, -0.05) is 0 Å². The molecule has 0 aliphatic carbocycles. The summed E-state index contributed by atoms with van der Waals surface area (Å²) in [6, 6.07) is 9.31. The molecule has 1 saturated heterocycles. The largest absolute Gasteiger partial charge is 0.372 e. The fourth-order valence-electron chi connectivity index (χ4n) is 3.72. The van der Waals surface area contributed by atoms with Crippen LogP contribution in [0, 0.1) is 13.8 Å². The SMILES string of the molecule is Cc1cc(C)n(-c2ccc(NC(=O)c3ccc(N4C[C@@H](C)O[C@@H](C)C4)nc3)cn2)n1. The third kappa shape index (κ3) is 4.33. The van der Waals surface area contributed by atoms with E-state index in [4.69, 9.17) is 4.74 Å². The van der Waals surface area contributed by atoms with Crippen LogP contribution in [0.3, 0.4) is 0 Å². The molecule has 0 saturated carbocycles. The summed E-state index contributed by atoms with van der Waals surface area (Å²) in [4.78, 5) is 23.7. The van der Waals surface area contributed by atoms with Gasteiger partial charge in [0.2, 0.25) is 0 Å². The van der Waals surface area contributed by atoms with Crippen LogP contribution >= 0.6 is 0 Å². The first-order valence-corrected chi connectivity index (χ1v) is 10.1. The van der Waals surface area contributed by atoms with E-state index in [0.717, 1.165) is 30.3 Å². The van der Waals surface area contributed by atoms with Gasteiger partial charge in [-0.05, 0) is 58.0 Å². The molecule has 8 heteroatoms. The average Bonchev–Trinajstić information content (AvgIpc) is 3.06. The van der Waals surface area contributed by atoms with Crippen molar-refractivity contribution in [1.82, 2.24) is 19.7 Å². The Morgan fingerprint density at radius 1 is 1.03 bits per heavy atom. The van der Waals surface area contributed by atoms with Gasteiger partial charge < -0.3 is 15.0 Å². The average molecular weight is 406 g/mol. The van der Waals surface area contributed by atoms with E-state index in [1.54, 1.807) is 23.1 Å². The first-order chi connectivity index (χ1) is 14.4. The third-order valence-electron chi connectivity index (χ3n) is 4.99. The van der Waals surface area contributed by atoms with Gasteiger partial charge in [0.15, 0.2) is 5.82 Å². The number of carbonyl (C=O) groups excluding carboxylic acids is 1. The number of nitrogens with zero attached hydrogens (tertiary/aromatic N) is 5. The monoisotopic (exact) mass is 406 g/mol. The van der Waals surface area contributed by atoms with E-state index in [1.807, 2.05) is 38.1 Å². The summed E-state index contributed by atoms with van der Waals surface area (Å²) in [7, 11) is 0. The number of pyridine rings is 2. The molecule has 1 fully saturated rings. The Morgan fingerprint density at radius 2 is 1.73 bits per heavy atom. The van der Waals surface area contributed by atoms with E-state index in [0.29, 0.717) is 17.1 Å². The zero-order valence-electron chi connectivity index (χ0n) is 17.7. The number of morpholine rings is 1. The summed E-state index contributed by atoms with van der Waals surface area (Å²) in [5.41, 5.74) is 3.05. The Hall–Kier alpha value is -3.26. The van der Waals surface area contributed by atoms with Crippen LogP contribution in [0.1, 0.15) is 35.6 Å². The Bertz CT molecular complexity index is 1020. The number of nitrogens with one attached hydrogen (secondary N) is 1. The van der Waals surface area contributed by atoms with Gasteiger partial charge in [0, 0.05) is 25.0 Å². The predicted octanol–water partition coefficient (Wildman–Crippen LogP) is 3.15. The van der Waals surface area contributed by atoms with Crippen molar-refractivity contribution in [1.29, 1.82) is 0 Å². The van der Waals surface area contributed by atoms with Crippen molar-refractivity contribution in [2.75, 3.05) is 23.3 Å². The maximum atomic E-state index is 12.6. The lowest BCUT2D eigenvalue weighted by Gasteiger charge is -2.36. The number of anilines is 2. The summed E-state index contributed by atoms with van der Waals surface area (Å²) in [5.74, 6) is 1.33. The number of aromatic nitrogens is 4. The van der Waals surface area contributed by atoms with Gasteiger partial charge in [0.25, 0.3) is 5.91 Å². The minimum Gasteiger partial charge on any atom is -0.372 e. The molecule has 0 radical (unpaired) electrons. The maximum Gasteiger partial charge on any atom is 0.257 e.